The molecule has 47 heavy (non-hydrogen) atoms. The number of hydrogen-bond donors (Lipinski definition) is 2. The number of para-hydroxylation sites is 1. The Bertz CT molecular complexity index is 1450. The zero-order chi connectivity index (χ0) is 33.2. The quantitative estimate of drug-likeness (QED) is 0.132. The molecule has 5 rings (SSSR count). The lowest BCUT2D eigenvalue weighted by molar-refractivity contribution is -0.139. The number of carboxylic acids is 1. The van der Waals surface area contributed by atoms with E-state index in [2.05, 4.69) is 75.0 Å². The molecule has 8 heteroatoms. The van der Waals surface area contributed by atoms with Crippen LogP contribution in [0.1, 0.15) is 65.2 Å². The van der Waals surface area contributed by atoms with Crippen molar-refractivity contribution in [3.8, 4) is 17.2 Å². The van der Waals surface area contributed by atoms with Crippen LogP contribution in [0.2, 0.25) is 0 Å². The summed E-state index contributed by atoms with van der Waals surface area (Å²) in [5.41, 5.74) is 0.121. The Morgan fingerprint density at radius 2 is 1.68 bits per heavy atom. The van der Waals surface area contributed by atoms with Crippen molar-refractivity contribution in [3.05, 3.63) is 103 Å². The molecule has 1 fully saturated rings. The second-order valence-corrected chi connectivity index (χ2v) is 15.0. The normalized spacial score (nSPS) is 22.3. The van der Waals surface area contributed by atoms with Gasteiger partial charge in [-0.05, 0) is 60.5 Å². The molecule has 0 saturated heterocycles. The molecule has 1 aliphatic carbocycles. The number of ether oxygens (including phenoxy) is 3. The number of hydrogen-bond acceptors (Lipinski definition) is 6. The van der Waals surface area contributed by atoms with Gasteiger partial charge in [0.1, 0.15) is 11.7 Å². The number of aliphatic hydroxyl groups is 1. The van der Waals surface area contributed by atoms with Crippen LogP contribution in [0.4, 0.5) is 0 Å². The van der Waals surface area contributed by atoms with E-state index in [1.165, 1.54) is 0 Å². The molecule has 3 aromatic carbocycles. The molecule has 2 aliphatic rings. The fourth-order valence-corrected chi connectivity index (χ4v) is 9.42. The molecule has 250 valence electrons. The maximum Gasteiger partial charge on any atom is 0.341 e. The average Bonchev–Trinajstić information content (AvgIpc) is 3.38. The molecule has 3 aromatic rings. The van der Waals surface area contributed by atoms with E-state index >= 15 is 0 Å². The van der Waals surface area contributed by atoms with E-state index in [1.54, 1.807) is 12.1 Å². The summed E-state index contributed by atoms with van der Waals surface area (Å²) in [6, 6.07) is 26.1. The Hall–Kier alpha value is -3.85. The van der Waals surface area contributed by atoms with Gasteiger partial charge < -0.3 is 28.8 Å². The molecule has 7 nitrogen and oxygen atoms in total. The van der Waals surface area contributed by atoms with Gasteiger partial charge in [0, 0.05) is 0 Å². The Kier molecular flexibility index (Phi) is 12.0. The SMILES string of the molecule is C=C(CCCC)C[C@@H](O)C=C[C@]1(O[SiH](c2ccccc2)c2ccccc2)[C@H](CCCC)C[C@@H]2Oc3c(OCC(=O)O)cccc3O[C@H]21. The molecule has 0 spiro atoms. The van der Waals surface area contributed by atoms with E-state index in [-0.39, 0.29) is 12.0 Å². The Labute approximate surface area is 280 Å². The van der Waals surface area contributed by atoms with Gasteiger partial charge >= 0.3 is 5.97 Å². The molecule has 0 radical (unpaired) electrons. The number of aliphatic carboxylic acids is 1. The van der Waals surface area contributed by atoms with Crippen molar-refractivity contribution in [3.63, 3.8) is 0 Å². The summed E-state index contributed by atoms with van der Waals surface area (Å²) in [4.78, 5) is 11.3. The topological polar surface area (TPSA) is 94.5 Å². The zero-order valence-electron chi connectivity index (χ0n) is 27.6. The van der Waals surface area contributed by atoms with E-state index in [0.29, 0.717) is 30.1 Å². The van der Waals surface area contributed by atoms with Gasteiger partial charge in [-0.15, -0.1) is 0 Å². The van der Waals surface area contributed by atoms with Crippen LogP contribution in [0.5, 0.6) is 17.2 Å². The summed E-state index contributed by atoms with van der Waals surface area (Å²) in [5, 5.41) is 22.8. The van der Waals surface area contributed by atoms with Gasteiger partial charge in [-0.25, -0.2) is 4.79 Å². The minimum Gasteiger partial charge on any atom is -0.479 e. The molecule has 0 amide bonds. The first-order valence-corrected chi connectivity index (χ1v) is 18.6. The summed E-state index contributed by atoms with van der Waals surface area (Å²) in [7, 11) is -2.31. The number of rotatable bonds is 17. The zero-order valence-corrected chi connectivity index (χ0v) is 28.7. The van der Waals surface area contributed by atoms with Gasteiger partial charge in [-0.2, -0.15) is 0 Å². The number of carboxylic acid groups (broad SMARTS) is 1. The minimum absolute atomic E-state index is 0.0318. The lowest BCUT2D eigenvalue weighted by atomic mass is 9.84. The number of carbonyl (C=O) groups is 1. The minimum atomic E-state index is -2.31. The van der Waals surface area contributed by atoms with Crippen molar-refractivity contribution in [2.45, 2.75) is 89.1 Å². The molecule has 2 N–H and O–H groups in total. The molecule has 1 aliphatic heterocycles. The molecule has 0 aromatic heterocycles. The van der Waals surface area contributed by atoms with Gasteiger partial charge in [-0.1, -0.05) is 124 Å². The third kappa shape index (κ3) is 8.36. The van der Waals surface area contributed by atoms with E-state index in [4.69, 9.17) is 18.6 Å². The average molecular weight is 657 g/mol. The molecule has 1 saturated carbocycles. The van der Waals surface area contributed by atoms with Crippen molar-refractivity contribution >= 4 is 25.4 Å². The summed E-state index contributed by atoms with van der Waals surface area (Å²) in [6.45, 7) is 8.09. The third-order valence-electron chi connectivity index (χ3n) is 9.15. The van der Waals surface area contributed by atoms with Crippen LogP contribution >= 0.6 is 0 Å². The summed E-state index contributed by atoms with van der Waals surface area (Å²) in [6.07, 6.45) is 9.45. The van der Waals surface area contributed by atoms with Crippen molar-refractivity contribution in [2.24, 2.45) is 5.92 Å². The van der Waals surface area contributed by atoms with E-state index < -0.39 is 39.4 Å². The molecular weight excluding hydrogens is 609 g/mol. The summed E-state index contributed by atoms with van der Waals surface area (Å²) < 4.78 is 26.7. The van der Waals surface area contributed by atoms with Crippen LogP contribution in [0.15, 0.2) is 103 Å². The Balaban J connectivity index is 1.59. The van der Waals surface area contributed by atoms with Crippen molar-refractivity contribution in [1.29, 1.82) is 0 Å². The predicted octanol–water partition coefficient (Wildman–Crippen LogP) is 6.22. The van der Waals surface area contributed by atoms with Gasteiger partial charge in [-0.3, -0.25) is 0 Å². The van der Waals surface area contributed by atoms with Crippen LogP contribution in [-0.2, 0) is 9.22 Å². The maximum absolute atomic E-state index is 11.3. The fourth-order valence-electron chi connectivity index (χ4n) is 6.80. The molecule has 1 heterocycles. The molecule has 0 bridgehead atoms. The maximum atomic E-state index is 11.3. The first-order valence-electron chi connectivity index (χ1n) is 17.0. The third-order valence-corrected chi connectivity index (χ3v) is 11.8. The standard InChI is InChI=1S/C39H48O7Si/c1-4-6-15-28(3)25-30(40)23-24-39(46-47(31-17-10-8-11-18-31)32-19-12-9-13-20-32)29(16-7-5-2)26-35-38(39)45-34-22-14-21-33(37(34)44-35)43-27-36(41)42/h8-14,17-24,29-30,35,38,40,47H,3-7,15-16,25-27H2,1-2H3,(H,41,42)/t29-,30+,35+,38-,39+/m1/s1. The van der Waals surface area contributed by atoms with Crippen molar-refractivity contribution in [1.82, 2.24) is 0 Å². The highest BCUT2D eigenvalue weighted by atomic mass is 28.3. The summed E-state index contributed by atoms with van der Waals surface area (Å²) >= 11 is 0. The van der Waals surface area contributed by atoms with Crippen molar-refractivity contribution < 1.29 is 33.6 Å². The van der Waals surface area contributed by atoms with Gasteiger partial charge in [0.15, 0.2) is 24.2 Å². The smallest absolute Gasteiger partial charge is 0.341 e. The van der Waals surface area contributed by atoms with Crippen LogP contribution in [0, 0.1) is 5.92 Å². The van der Waals surface area contributed by atoms with Crippen LogP contribution in [-0.4, -0.2) is 55.7 Å². The van der Waals surface area contributed by atoms with E-state index in [9.17, 15) is 15.0 Å². The Morgan fingerprint density at radius 1 is 1.00 bits per heavy atom. The van der Waals surface area contributed by atoms with Crippen LogP contribution in [0.3, 0.4) is 0 Å². The molecular formula is C39H48O7Si. The summed E-state index contributed by atoms with van der Waals surface area (Å²) in [5.74, 6) is 0.201. The van der Waals surface area contributed by atoms with Crippen molar-refractivity contribution in [2.75, 3.05) is 6.61 Å². The predicted molar refractivity (Wildman–Crippen MR) is 188 cm³/mol. The molecule has 0 unspecified atom stereocenters. The second-order valence-electron chi connectivity index (χ2n) is 12.7. The van der Waals surface area contributed by atoms with E-state index in [0.717, 1.165) is 54.5 Å². The van der Waals surface area contributed by atoms with E-state index in [1.807, 2.05) is 24.3 Å². The lowest BCUT2D eigenvalue weighted by Gasteiger charge is -2.43. The highest BCUT2D eigenvalue weighted by Crippen LogP contribution is 2.52. The highest BCUT2D eigenvalue weighted by molar-refractivity contribution is 6.80. The fraction of sp³-hybridized carbons (Fsp3) is 0.410. The first kappa shape index (κ1) is 34.5. The number of unbranched alkanes of at least 4 members (excludes halogenated alkanes) is 2. The monoisotopic (exact) mass is 656 g/mol. The largest absolute Gasteiger partial charge is 0.479 e. The van der Waals surface area contributed by atoms with Crippen LogP contribution in [0.25, 0.3) is 0 Å². The van der Waals surface area contributed by atoms with Crippen LogP contribution < -0.4 is 24.6 Å². The number of aliphatic hydroxyl groups excluding tert-OH is 1. The number of fused-ring (bicyclic) bond motifs is 2. The van der Waals surface area contributed by atoms with Gasteiger partial charge in [0.2, 0.25) is 14.8 Å². The second kappa shape index (κ2) is 16.3. The highest BCUT2D eigenvalue weighted by Gasteiger charge is 2.60. The van der Waals surface area contributed by atoms with Gasteiger partial charge in [0.05, 0.1) is 6.10 Å². The number of benzene rings is 3. The Morgan fingerprint density at radius 3 is 2.32 bits per heavy atom. The first-order chi connectivity index (χ1) is 22.8. The lowest BCUT2D eigenvalue weighted by Crippen LogP contribution is -2.59. The van der Waals surface area contributed by atoms with Gasteiger partial charge in [0.25, 0.3) is 0 Å². The molecule has 5 atom stereocenters.